The maximum atomic E-state index is 13.3. The van der Waals surface area contributed by atoms with E-state index in [4.69, 9.17) is 14.2 Å². The summed E-state index contributed by atoms with van der Waals surface area (Å²) in [7, 11) is 0. The highest BCUT2D eigenvalue weighted by molar-refractivity contribution is 5.99. The number of ether oxygens (including phenoxy) is 3. The van der Waals surface area contributed by atoms with E-state index in [0.717, 1.165) is 19.3 Å². The lowest BCUT2D eigenvalue weighted by atomic mass is 9.78. The molecule has 1 fully saturated rings. The maximum Gasteiger partial charge on any atom is 0.341 e. The van der Waals surface area contributed by atoms with E-state index in [0.29, 0.717) is 54.9 Å². The lowest BCUT2D eigenvalue weighted by Crippen LogP contribution is -2.48. The van der Waals surface area contributed by atoms with Gasteiger partial charge in [0.2, 0.25) is 0 Å². The summed E-state index contributed by atoms with van der Waals surface area (Å²) in [5.41, 5.74) is 0.0402. The van der Waals surface area contributed by atoms with E-state index >= 15 is 0 Å². The summed E-state index contributed by atoms with van der Waals surface area (Å²) in [6.07, 6.45) is 4.36. The lowest BCUT2D eigenvalue weighted by Gasteiger charge is -2.38. The zero-order valence-corrected chi connectivity index (χ0v) is 19.1. The molecule has 6 nitrogen and oxygen atoms in total. The van der Waals surface area contributed by atoms with Gasteiger partial charge in [0.15, 0.2) is 0 Å². The molecule has 0 aromatic heterocycles. The van der Waals surface area contributed by atoms with Gasteiger partial charge in [-0.2, -0.15) is 0 Å². The van der Waals surface area contributed by atoms with E-state index in [2.05, 4.69) is 12.2 Å². The molecule has 2 rings (SSSR count). The molecule has 0 unspecified atom stereocenters. The minimum Gasteiger partial charge on any atom is -0.492 e. The molecule has 0 spiro atoms. The van der Waals surface area contributed by atoms with Crippen LogP contribution in [0.5, 0.6) is 5.75 Å². The minimum atomic E-state index is -0.815. The Labute approximate surface area is 180 Å². The Hall–Kier alpha value is -2.08. The summed E-state index contributed by atoms with van der Waals surface area (Å²) in [6, 6.07) is 5.11. The molecule has 1 aliphatic carbocycles. The van der Waals surface area contributed by atoms with Crippen LogP contribution in [-0.4, -0.2) is 37.3 Å². The van der Waals surface area contributed by atoms with Gasteiger partial charge in [0, 0.05) is 12.3 Å². The molecule has 1 aromatic carbocycles. The molecule has 6 heteroatoms. The first kappa shape index (κ1) is 24.2. The number of benzene rings is 1. The molecule has 1 amide bonds. The van der Waals surface area contributed by atoms with Crippen LogP contribution in [-0.2, 0) is 14.3 Å². The van der Waals surface area contributed by atoms with Gasteiger partial charge in [-0.15, -0.1) is 0 Å². The van der Waals surface area contributed by atoms with E-state index in [1.165, 1.54) is 0 Å². The van der Waals surface area contributed by atoms with Crippen molar-refractivity contribution in [3.63, 3.8) is 0 Å². The molecule has 0 radical (unpaired) electrons. The van der Waals surface area contributed by atoms with Gasteiger partial charge in [-0.3, -0.25) is 4.79 Å². The van der Waals surface area contributed by atoms with Crippen molar-refractivity contribution in [2.75, 3.05) is 25.1 Å². The van der Waals surface area contributed by atoms with Crippen LogP contribution < -0.4 is 10.1 Å². The largest absolute Gasteiger partial charge is 0.492 e. The topological polar surface area (TPSA) is 73.9 Å². The van der Waals surface area contributed by atoms with Crippen LogP contribution in [0, 0.1) is 11.8 Å². The van der Waals surface area contributed by atoms with Crippen LogP contribution in [0.1, 0.15) is 77.1 Å². The van der Waals surface area contributed by atoms with Crippen LogP contribution in [0.4, 0.5) is 5.69 Å². The number of amides is 1. The van der Waals surface area contributed by atoms with Crippen LogP contribution >= 0.6 is 0 Å². The Bertz CT molecular complexity index is 718. The summed E-state index contributed by atoms with van der Waals surface area (Å²) in [4.78, 5) is 25.7. The van der Waals surface area contributed by atoms with Gasteiger partial charge in [-0.05, 0) is 62.6 Å². The first-order chi connectivity index (χ1) is 14.3. The second-order valence-corrected chi connectivity index (χ2v) is 8.63. The van der Waals surface area contributed by atoms with Crippen molar-refractivity contribution < 1.29 is 23.8 Å². The van der Waals surface area contributed by atoms with Gasteiger partial charge in [0.25, 0.3) is 5.91 Å². The van der Waals surface area contributed by atoms with E-state index in [1.54, 1.807) is 25.1 Å². The number of hydrogen-bond acceptors (Lipinski definition) is 5. The maximum absolute atomic E-state index is 13.3. The Morgan fingerprint density at radius 3 is 2.67 bits per heavy atom. The zero-order valence-electron chi connectivity index (χ0n) is 19.1. The van der Waals surface area contributed by atoms with Crippen molar-refractivity contribution in [2.24, 2.45) is 11.8 Å². The van der Waals surface area contributed by atoms with E-state index in [1.807, 2.05) is 20.8 Å². The fourth-order valence-corrected chi connectivity index (χ4v) is 3.81. The van der Waals surface area contributed by atoms with E-state index in [-0.39, 0.29) is 12.5 Å². The molecule has 30 heavy (non-hydrogen) atoms. The number of anilines is 1. The number of carbonyl (C=O) groups excluding carboxylic acids is 2. The average Bonchev–Trinajstić information content (AvgIpc) is 2.71. The summed E-state index contributed by atoms with van der Waals surface area (Å²) >= 11 is 0. The highest BCUT2D eigenvalue weighted by atomic mass is 16.5. The van der Waals surface area contributed by atoms with Crippen molar-refractivity contribution in [1.29, 1.82) is 0 Å². The second-order valence-electron chi connectivity index (χ2n) is 8.63. The fourth-order valence-electron chi connectivity index (χ4n) is 3.81. The first-order valence-corrected chi connectivity index (χ1v) is 11.2. The van der Waals surface area contributed by atoms with Gasteiger partial charge >= 0.3 is 5.97 Å². The van der Waals surface area contributed by atoms with Crippen molar-refractivity contribution in [1.82, 2.24) is 0 Å². The first-order valence-electron chi connectivity index (χ1n) is 11.2. The smallest absolute Gasteiger partial charge is 0.341 e. The Morgan fingerprint density at radius 1 is 1.27 bits per heavy atom. The Balaban J connectivity index is 2.25. The number of rotatable bonds is 10. The summed E-state index contributed by atoms with van der Waals surface area (Å²) in [5, 5.41) is 2.98. The molecule has 0 heterocycles. The number of esters is 1. The summed E-state index contributed by atoms with van der Waals surface area (Å²) in [5.74, 6) is 0.610. The number of carbonyl (C=O) groups is 2. The van der Waals surface area contributed by atoms with E-state index in [9.17, 15) is 9.59 Å². The van der Waals surface area contributed by atoms with Crippen LogP contribution in [0.25, 0.3) is 0 Å². The summed E-state index contributed by atoms with van der Waals surface area (Å²) in [6.45, 7) is 11.4. The molecule has 0 saturated heterocycles. The van der Waals surface area contributed by atoms with Gasteiger partial charge in [0.05, 0.1) is 13.2 Å². The van der Waals surface area contributed by atoms with Gasteiger partial charge < -0.3 is 19.5 Å². The normalized spacial score (nSPS) is 21.3. The van der Waals surface area contributed by atoms with Gasteiger partial charge in [-0.1, -0.05) is 34.1 Å². The third kappa shape index (κ3) is 6.46. The predicted molar refractivity (Wildman–Crippen MR) is 118 cm³/mol. The average molecular weight is 420 g/mol. The molecule has 0 bridgehead atoms. The fraction of sp³-hybridized carbons (Fsp3) is 0.667. The Kier molecular flexibility index (Phi) is 9.15. The van der Waals surface area contributed by atoms with Crippen molar-refractivity contribution >= 4 is 17.6 Å². The van der Waals surface area contributed by atoms with Gasteiger partial charge in [0.1, 0.15) is 16.9 Å². The summed E-state index contributed by atoms with van der Waals surface area (Å²) < 4.78 is 17.1. The molecule has 2 atom stereocenters. The second kappa shape index (κ2) is 11.3. The standard InChI is InChI=1S/C24H37NO5/c1-6-13-30-24(12-8-9-18(5)15-24)23(27)25-19-10-11-21(29-16-17(3)4)20(14-19)22(26)28-7-2/h10-11,14,17-18H,6-9,12-13,15-16H2,1-5H3,(H,25,27)/t18-,24+/m1/s1. The van der Waals surface area contributed by atoms with Gasteiger partial charge in [-0.25, -0.2) is 4.79 Å². The zero-order chi connectivity index (χ0) is 22.1. The molecule has 168 valence electrons. The molecular formula is C24H37NO5. The monoisotopic (exact) mass is 419 g/mol. The van der Waals surface area contributed by atoms with Crippen molar-refractivity contribution in [3.05, 3.63) is 23.8 Å². The molecular weight excluding hydrogens is 382 g/mol. The lowest BCUT2D eigenvalue weighted by molar-refractivity contribution is -0.148. The molecule has 1 saturated carbocycles. The number of nitrogens with one attached hydrogen (secondary N) is 1. The quantitative estimate of drug-likeness (QED) is 0.527. The van der Waals surface area contributed by atoms with E-state index < -0.39 is 11.6 Å². The highest BCUT2D eigenvalue weighted by Gasteiger charge is 2.42. The molecule has 1 N–H and O–H groups in total. The third-order valence-electron chi connectivity index (χ3n) is 5.26. The van der Waals surface area contributed by atoms with Crippen LogP contribution in [0.3, 0.4) is 0 Å². The molecule has 1 aromatic rings. The van der Waals surface area contributed by atoms with Crippen LogP contribution in [0.2, 0.25) is 0 Å². The SMILES string of the molecule is CCCO[C@@]1(C(=O)Nc2ccc(OCC(C)C)c(C(=O)OCC)c2)CCC[C@@H](C)C1. The van der Waals surface area contributed by atoms with Crippen molar-refractivity contribution in [3.8, 4) is 5.75 Å². The predicted octanol–water partition coefficient (Wildman–Crippen LogP) is 5.21. The van der Waals surface area contributed by atoms with Crippen molar-refractivity contribution in [2.45, 2.75) is 72.3 Å². The minimum absolute atomic E-state index is 0.145. The molecule has 0 aliphatic heterocycles. The van der Waals surface area contributed by atoms with Crippen LogP contribution in [0.15, 0.2) is 18.2 Å². The third-order valence-corrected chi connectivity index (χ3v) is 5.26. The number of hydrogen-bond donors (Lipinski definition) is 1. The Morgan fingerprint density at radius 2 is 2.03 bits per heavy atom. The molecule has 1 aliphatic rings. The highest BCUT2D eigenvalue weighted by Crippen LogP contribution is 2.36.